The Bertz CT molecular complexity index is 1030. The van der Waals surface area contributed by atoms with Crippen molar-refractivity contribution < 1.29 is 18.8 Å². The van der Waals surface area contributed by atoms with Crippen molar-refractivity contribution >= 4 is 46.4 Å². The standard InChI is InChI=1S/C21H19ClFN3O3/c1-12(27)25-7-6-13-8-16(3-5-19(13)25)26-11-14(9-20(26)28)21(29)24-18-4-2-15(23)10-17(18)22/h2-5,8,10,14H,6-7,9,11H2,1H3,(H,24,29). The number of hydrogen-bond acceptors (Lipinski definition) is 3. The summed E-state index contributed by atoms with van der Waals surface area (Å²) in [4.78, 5) is 40.1. The molecule has 0 bridgehead atoms. The Kier molecular flexibility index (Phi) is 5.00. The average molecular weight is 416 g/mol. The van der Waals surface area contributed by atoms with Crippen LogP contribution in [0.15, 0.2) is 36.4 Å². The fourth-order valence-electron chi connectivity index (χ4n) is 3.84. The highest BCUT2D eigenvalue weighted by Gasteiger charge is 2.36. The second kappa shape index (κ2) is 7.48. The molecule has 2 aromatic rings. The molecule has 1 saturated heterocycles. The molecule has 0 aromatic heterocycles. The van der Waals surface area contributed by atoms with E-state index in [4.69, 9.17) is 11.6 Å². The van der Waals surface area contributed by atoms with E-state index in [0.29, 0.717) is 17.9 Å². The van der Waals surface area contributed by atoms with Crippen LogP contribution in [0.5, 0.6) is 0 Å². The summed E-state index contributed by atoms with van der Waals surface area (Å²) in [7, 11) is 0. The van der Waals surface area contributed by atoms with Crippen molar-refractivity contribution in [3.8, 4) is 0 Å². The maximum atomic E-state index is 13.2. The van der Waals surface area contributed by atoms with Gasteiger partial charge in [-0.25, -0.2) is 4.39 Å². The molecule has 2 aliphatic rings. The number of nitrogens with one attached hydrogen (secondary N) is 1. The highest BCUT2D eigenvalue weighted by molar-refractivity contribution is 6.33. The minimum atomic E-state index is -0.536. The number of nitrogens with zero attached hydrogens (tertiary/aromatic N) is 2. The summed E-state index contributed by atoms with van der Waals surface area (Å²) in [5.41, 5.74) is 2.91. The molecule has 1 unspecified atom stereocenters. The summed E-state index contributed by atoms with van der Waals surface area (Å²) >= 11 is 5.96. The number of anilines is 3. The van der Waals surface area contributed by atoms with E-state index in [9.17, 15) is 18.8 Å². The van der Waals surface area contributed by atoms with Crippen molar-refractivity contribution in [1.82, 2.24) is 0 Å². The predicted molar refractivity (Wildman–Crippen MR) is 109 cm³/mol. The van der Waals surface area contributed by atoms with Crippen LogP contribution >= 0.6 is 11.6 Å². The van der Waals surface area contributed by atoms with Crippen LogP contribution in [-0.4, -0.2) is 30.8 Å². The number of halogens is 2. The molecule has 1 N–H and O–H groups in total. The highest BCUT2D eigenvalue weighted by Crippen LogP contribution is 2.34. The Hall–Kier alpha value is -2.93. The lowest BCUT2D eigenvalue weighted by Crippen LogP contribution is -2.28. The Morgan fingerprint density at radius 1 is 1.21 bits per heavy atom. The third-order valence-electron chi connectivity index (χ3n) is 5.34. The Morgan fingerprint density at radius 2 is 2.00 bits per heavy atom. The molecule has 29 heavy (non-hydrogen) atoms. The highest BCUT2D eigenvalue weighted by atomic mass is 35.5. The predicted octanol–water partition coefficient (Wildman–Crippen LogP) is 3.38. The van der Waals surface area contributed by atoms with Crippen LogP contribution in [-0.2, 0) is 20.8 Å². The van der Waals surface area contributed by atoms with Crippen molar-refractivity contribution in [1.29, 1.82) is 0 Å². The van der Waals surface area contributed by atoms with E-state index in [0.717, 1.165) is 23.7 Å². The van der Waals surface area contributed by atoms with Gasteiger partial charge in [-0.15, -0.1) is 0 Å². The molecule has 3 amide bonds. The second-order valence-electron chi connectivity index (χ2n) is 7.25. The molecule has 2 aromatic carbocycles. The molecule has 0 aliphatic carbocycles. The topological polar surface area (TPSA) is 69.7 Å². The molecule has 6 nitrogen and oxygen atoms in total. The zero-order valence-corrected chi connectivity index (χ0v) is 16.5. The Labute approximate surface area is 172 Å². The fourth-order valence-corrected chi connectivity index (χ4v) is 4.06. The lowest BCUT2D eigenvalue weighted by molar-refractivity contribution is -0.122. The molecule has 0 spiro atoms. The minimum Gasteiger partial charge on any atom is -0.324 e. The molecular weight excluding hydrogens is 397 g/mol. The van der Waals surface area contributed by atoms with Crippen LogP contribution in [0.4, 0.5) is 21.5 Å². The van der Waals surface area contributed by atoms with Crippen molar-refractivity contribution in [2.24, 2.45) is 5.92 Å². The number of amides is 3. The summed E-state index contributed by atoms with van der Waals surface area (Å²) in [6.07, 6.45) is 0.819. The zero-order valence-electron chi connectivity index (χ0n) is 15.7. The molecule has 8 heteroatoms. The zero-order chi connectivity index (χ0) is 20.7. The van der Waals surface area contributed by atoms with E-state index in [2.05, 4.69) is 5.32 Å². The lowest BCUT2D eigenvalue weighted by Gasteiger charge is -2.19. The summed E-state index contributed by atoms with van der Waals surface area (Å²) in [5.74, 6) is -1.51. The number of carbonyl (C=O) groups is 3. The number of hydrogen-bond donors (Lipinski definition) is 1. The van der Waals surface area contributed by atoms with Gasteiger partial charge in [0.15, 0.2) is 0 Å². The summed E-state index contributed by atoms with van der Waals surface area (Å²) in [6, 6.07) is 9.28. The molecule has 2 aliphatic heterocycles. The Balaban J connectivity index is 1.48. The molecule has 2 heterocycles. The van der Waals surface area contributed by atoms with Gasteiger partial charge in [0.05, 0.1) is 16.6 Å². The van der Waals surface area contributed by atoms with Crippen molar-refractivity contribution in [3.05, 3.63) is 52.8 Å². The van der Waals surface area contributed by atoms with Crippen molar-refractivity contribution in [2.45, 2.75) is 19.8 Å². The van der Waals surface area contributed by atoms with Crippen LogP contribution in [0.25, 0.3) is 0 Å². The first-order chi connectivity index (χ1) is 13.8. The SMILES string of the molecule is CC(=O)N1CCc2cc(N3CC(C(=O)Nc4ccc(F)cc4Cl)CC3=O)ccc21. The number of fused-ring (bicyclic) bond motifs is 1. The van der Waals surface area contributed by atoms with E-state index in [1.165, 1.54) is 19.1 Å². The normalized spacial score (nSPS) is 18.2. The minimum absolute atomic E-state index is 0.00932. The quantitative estimate of drug-likeness (QED) is 0.835. The first kappa shape index (κ1) is 19.4. The Morgan fingerprint density at radius 3 is 2.72 bits per heavy atom. The van der Waals surface area contributed by atoms with Crippen molar-refractivity contribution in [2.75, 3.05) is 28.2 Å². The number of rotatable bonds is 3. The van der Waals surface area contributed by atoms with E-state index in [1.807, 2.05) is 12.1 Å². The molecule has 1 fully saturated rings. The van der Waals surface area contributed by atoms with Gasteiger partial charge in [-0.05, 0) is 48.4 Å². The molecule has 1 atom stereocenters. The fraction of sp³-hybridized carbons (Fsp3) is 0.286. The van der Waals surface area contributed by atoms with E-state index < -0.39 is 11.7 Å². The third-order valence-corrected chi connectivity index (χ3v) is 5.65. The smallest absolute Gasteiger partial charge is 0.229 e. The average Bonchev–Trinajstić information content (AvgIpc) is 3.27. The molecular formula is C21H19ClFN3O3. The molecule has 0 radical (unpaired) electrons. The van der Waals surface area contributed by atoms with Gasteiger partial charge in [0.2, 0.25) is 17.7 Å². The third kappa shape index (κ3) is 3.70. The van der Waals surface area contributed by atoms with Crippen LogP contribution < -0.4 is 15.1 Å². The number of benzene rings is 2. The van der Waals surface area contributed by atoms with Gasteiger partial charge >= 0.3 is 0 Å². The van der Waals surface area contributed by atoms with Crippen LogP contribution in [0.3, 0.4) is 0 Å². The van der Waals surface area contributed by atoms with Gasteiger partial charge in [-0.2, -0.15) is 0 Å². The monoisotopic (exact) mass is 415 g/mol. The van der Waals surface area contributed by atoms with Crippen molar-refractivity contribution in [3.63, 3.8) is 0 Å². The maximum Gasteiger partial charge on any atom is 0.229 e. The first-order valence-corrected chi connectivity index (χ1v) is 9.68. The lowest BCUT2D eigenvalue weighted by atomic mass is 10.1. The van der Waals surface area contributed by atoms with Crippen LogP contribution in [0.2, 0.25) is 5.02 Å². The van der Waals surface area contributed by atoms with Crippen LogP contribution in [0.1, 0.15) is 18.9 Å². The molecule has 150 valence electrons. The van der Waals surface area contributed by atoms with Gasteiger partial charge in [-0.3, -0.25) is 14.4 Å². The van der Waals surface area contributed by atoms with E-state index in [-0.39, 0.29) is 35.7 Å². The molecule has 0 saturated carbocycles. The summed E-state index contributed by atoms with van der Waals surface area (Å²) < 4.78 is 13.2. The first-order valence-electron chi connectivity index (χ1n) is 9.31. The van der Waals surface area contributed by atoms with Gasteiger partial charge in [-0.1, -0.05) is 11.6 Å². The van der Waals surface area contributed by atoms with Gasteiger partial charge in [0.1, 0.15) is 5.82 Å². The summed E-state index contributed by atoms with van der Waals surface area (Å²) in [6.45, 7) is 2.41. The van der Waals surface area contributed by atoms with Gasteiger partial charge in [0.25, 0.3) is 0 Å². The maximum absolute atomic E-state index is 13.2. The largest absolute Gasteiger partial charge is 0.324 e. The van der Waals surface area contributed by atoms with E-state index in [1.54, 1.807) is 15.9 Å². The van der Waals surface area contributed by atoms with Crippen LogP contribution in [0, 0.1) is 11.7 Å². The second-order valence-corrected chi connectivity index (χ2v) is 7.66. The molecule has 4 rings (SSSR count). The van der Waals surface area contributed by atoms with E-state index >= 15 is 0 Å². The van der Waals surface area contributed by atoms with Gasteiger partial charge in [0, 0.05) is 37.8 Å². The number of carbonyl (C=O) groups excluding carboxylic acids is 3. The van der Waals surface area contributed by atoms with Gasteiger partial charge < -0.3 is 15.1 Å². The summed E-state index contributed by atoms with van der Waals surface area (Å²) in [5, 5.41) is 2.78.